The number of rotatable bonds is 7. The van der Waals surface area contributed by atoms with Gasteiger partial charge in [-0.05, 0) is 31.2 Å². The lowest BCUT2D eigenvalue weighted by Crippen LogP contribution is -2.25. The molecular weight excluding hydrogens is 238 g/mol. The fourth-order valence-corrected chi connectivity index (χ4v) is 2.32. The molecule has 0 amide bonds. The van der Waals surface area contributed by atoms with Gasteiger partial charge in [-0.2, -0.15) is 0 Å². The van der Waals surface area contributed by atoms with E-state index in [9.17, 15) is 4.21 Å². The molecule has 5 heteroatoms. The lowest BCUT2D eigenvalue weighted by Gasteiger charge is -2.08. The van der Waals surface area contributed by atoms with Crippen molar-refractivity contribution in [2.24, 2.45) is 5.73 Å². The van der Waals surface area contributed by atoms with Crippen molar-refractivity contribution >= 4 is 10.8 Å². The number of ether oxygens (including phenoxy) is 2. The molecule has 0 saturated carbocycles. The van der Waals surface area contributed by atoms with E-state index in [0.717, 1.165) is 11.5 Å². The molecule has 1 aromatic rings. The summed E-state index contributed by atoms with van der Waals surface area (Å²) >= 11 is 0. The Morgan fingerprint density at radius 2 is 1.88 bits per heavy atom. The molecular formula is C12H19NO3S. The largest absolute Gasteiger partial charge is 0.497 e. The third-order valence-electron chi connectivity index (χ3n) is 2.09. The zero-order chi connectivity index (χ0) is 12.7. The maximum atomic E-state index is 11.5. The third kappa shape index (κ3) is 5.70. The van der Waals surface area contributed by atoms with E-state index in [-0.39, 0.29) is 6.04 Å². The average molecular weight is 257 g/mol. The van der Waals surface area contributed by atoms with Gasteiger partial charge >= 0.3 is 0 Å². The lowest BCUT2D eigenvalue weighted by atomic mass is 10.3. The first-order valence-corrected chi connectivity index (χ1v) is 6.98. The van der Waals surface area contributed by atoms with Gasteiger partial charge < -0.3 is 15.2 Å². The molecule has 0 aliphatic carbocycles. The first-order valence-electron chi connectivity index (χ1n) is 5.49. The highest BCUT2D eigenvalue weighted by atomic mass is 32.2. The maximum absolute atomic E-state index is 11.5. The van der Waals surface area contributed by atoms with Crippen molar-refractivity contribution in [2.75, 3.05) is 25.2 Å². The predicted molar refractivity (Wildman–Crippen MR) is 70.0 cm³/mol. The summed E-state index contributed by atoms with van der Waals surface area (Å²) in [5.41, 5.74) is 5.56. The number of methoxy groups -OCH3 is 1. The maximum Gasteiger partial charge on any atom is 0.119 e. The minimum absolute atomic E-state index is 0.0307. The quantitative estimate of drug-likeness (QED) is 0.796. The molecule has 0 aromatic heterocycles. The minimum Gasteiger partial charge on any atom is -0.497 e. The summed E-state index contributed by atoms with van der Waals surface area (Å²) in [7, 11) is 0.714. The molecule has 1 rings (SSSR count). The highest BCUT2D eigenvalue weighted by molar-refractivity contribution is 7.85. The van der Waals surface area contributed by atoms with Crippen LogP contribution in [0.1, 0.15) is 6.92 Å². The number of hydrogen-bond acceptors (Lipinski definition) is 4. The van der Waals surface area contributed by atoms with E-state index in [1.165, 1.54) is 0 Å². The van der Waals surface area contributed by atoms with Crippen molar-refractivity contribution in [3.63, 3.8) is 0 Å². The Kier molecular flexibility index (Phi) is 6.00. The van der Waals surface area contributed by atoms with Crippen LogP contribution in [0.5, 0.6) is 11.5 Å². The number of hydrogen-bond donors (Lipinski definition) is 1. The summed E-state index contributed by atoms with van der Waals surface area (Å²) in [6.07, 6.45) is 0. The van der Waals surface area contributed by atoms with Crippen molar-refractivity contribution in [1.82, 2.24) is 0 Å². The van der Waals surface area contributed by atoms with Gasteiger partial charge in [0.05, 0.1) is 19.5 Å². The Morgan fingerprint density at radius 3 is 2.41 bits per heavy atom. The summed E-state index contributed by atoms with van der Waals surface area (Å²) in [4.78, 5) is 0. The van der Waals surface area contributed by atoms with Crippen LogP contribution in [0.15, 0.2) is 24.3 Å². The molecule has 0 radical (unpaired) electrons. The molecule has 96 valence electrons. The second-order valence-electron chi connectivity index (χ2n) is 3.81. The van der Waals surface area contributed by atoms with Crippen LogP contribution in [0.2, 0.25) is 0 Å². The van der Waals surface area contributed by atoms with Gasteiger partial charge in [-0.25, -0.2) is 0 Å². The first kappa shape index (κ1) is 14.0. The molecule has 0 saturated heterocycles. The van der Waals surface area contributed by atoms with Crippen LogP contribution in [0.4, 0.5) is 0 Å². The topological polar surface area (TPSA) is 61.5 Å². The molecule has 4 nitrogen and oxygen atoms in total. The van der Waals surface area contributed by atoms with E-state index in [1.807, 2.05) is 31.2 Å². The van der Waals surface area contributed by atoms with Crippen molar-refractivity contribution in [2.45, 2.75) is 13.0 Å². The van der Waals surface area contributed by atoms with Gasteiger partial charge in [-0.15, -0.1) is 0 Å². The SMILES string of the molecule is COc1ccc(OCCS(=O)CC(C)N)cc1. The second-order valence-corrected chi connectivity index (χ2v) is 5.43. The molecule has 2 N–H and O–H groups in total. The number of benzene rings is 1. The Labute approximate surface area is 105 Å². The van der Waals surface area contributed by atoms with Crippen LogP contribution < -0.4 is 15.2 Å². The zero-order valence-electron chi connectivity index (χ0n) is 10.2. The van der Waals surface area contributed by atoms with Crippen LogP contribution >= 0.6 is 0 Å². The van der Waals surface area contributed by atoms with Crippen LogP contribution in [-0.2, 0) is 10.8 Å². The monoisotopic (exact) mass is 257 g/mol. The summed E-state index contributed by atoms with van der Waals surface area (Å²) in [5.74, 6) is 2.57. The lowest BCUT2D eigenvalue weighted by molar-refractivity contribution is 0.341. The highest BCUT2D eigenvalue weighted by Crippen LogP contribution is 2.16. The van der Waals surface area contributed by atoms with Gasteiger partial charge in [0.2, 0.25) is 0 Å². The molecule has 17 heavy (non-hydrogen) atoms. The van der Waals surface area contributed by atoms with Gasteiger partial charge in [0, 0.05) is 22.6 Å². The Balaban J connectivity index is 2.28. The van der Waals surface area contributed by atoms with Crippen molar-refractivity contribution in [1.29, 1.82) is 0 Å². The molecule has 2 unspecified atom stereocenters. The Morgan fingerprint density at radius 1 is 1.29 bits per heavy atom. The molecule has 1 aromatic carbocycles. The van der Waals surface area contributed by atoms with Gasteiger partial charge in [0.15, 0.2) is 0 Å². The van der Waals surface area contributed by atoms with Gasteiger partial charge in [-0.1, -0.05) is 0 Å². The molecule has 0 aliphatic rings. The molecule has 0 fully saturated rings. The number of nitrogens with two attached hydrogens (primary N) is 1. The van der Waals surface area contributed by atoms with Gasteiger partial charge in [0.1, 0.15) is 11.5 Å². The Hall–Kier alpha value is -1.07. The van der Waals surface area contributed by atoms with E-state index in [0.29, 0.717) is 18.1 Å². The summed E-state index contributed by atoms with van der Waals surface area (Å²) in [6.45, 7) is 2.29. The fourth-order valence-electron chi connectivity index (χ4n) is 1.30. The third-order valence-corrected chi connectivity index (χ3v) is 3.61. The summed E-state index contributed by atoms with van der Waals surface area (Å²) in [5, 5.41) is 0. The van der Waals surface area contributed by atoms with Crippen LogP contribution in [0.25, 0.3) is 0 Å². The zero-order valence-corrected chi connectivity index (χ0v) is 11.0. The standard InChI is InChI=1S/C12H19NO3S/c1-10(13)9-17(14)8-7-16-12-5-3-11(15-2)4-6-12/h3-6,10H,7-9,13H2,1-2H3. The van der Waals surface area contributed by atoms with Crippen molar-refractivity contribution < 1.29 is 13.7 Å². The summed E-state index contributed by atoms with van der Waals surface area (Å²) < 4.78 is 22.0. The van der Waals surface area contributed by atoms with Crippen LogP contribution in [0, 0.1) is 0 Å². The molecule has 0 aliphatic heterocycles. The molecule has 0 heterocycles. The average Bonchev–Trinajstić information content (AvgIpc) is 2.29. The van der Waals surface area contributed by atoms with Gasteiger partial charge in [-0.3, -0.25) is 4.21 Å². The molecule has 2 atom stereocenters. The summed E-state index contributed by atoms with van der Waals surface area (Å²) in [6, 6.07) is 7.28. The van der Waals surface area contributed by atoms with Crippen LogP contribution in [-0.4, -0.2) is 35.5 Å². The van der Waals surface area contributed by atoms with E-state index >= 15 is 0 Å². The Bertz CT molecular complexity index is 351. The smallest absolute Gasteiger partial charge is 0.119 e. The van der Waals surface area contributed by atoms with E-state index in [4.69, 9.17) is 15.2 Å². The highest BCUT2D eigenvalue weighted by Gasteiger charge is 2.03. The van der Waals surface area contributed by atoms with Gasteiger partial charge in [0.25, 0.3) is 0 Å². The molecule has 0 bridgehead atoms. The second kappa shape index (κ2) is 7.29. The predicted octanol–water partition coefficient (Wildman–Crippen LogP) is 1.17. The molecule has 0 spiro atoms. The normalized spacial score (nSPS) is 14.1. The van der Waals surface area contributed by atoms with Crippen LogP contribution in [0.3, 0.4) is 0 Å². The van der Waals surface area contributed by atoms with E-state index in [1.54, 1.807) is 7.11 Å². The minimum atomic E-state index is -0.904. The van der Waals surface area contributed by atoms with E-state index < -0.39 is 10.8 Å². The van der Waals surface area contributed by atoms with Crippen molar-refractivity contribution in [3.05, 3.63) is 24.3 Å². The fraction of sp³-hybridized carbons (Fsp3) is 0.500. The van der Waals surface area contributed by atoms with E-state index in [2.05, 4.69) is 0 Å². The first-order chi connectivity index (χ1) is 8.11. The van der Waals surface area contributed by atoms with Crippen molar-refractivity contribution in [3.8, 4) is 11.5 Å².